The van der Waals surface area contributed by atoms with Crippen LogP contribution in [0.25, 0.3) is 0 Å². The molecule has 0 N–H and O–H groups in total. The van der Waals surface area contributed by atoms with Gasteiger partial charge in [-0.05, 0) is 70.6 Å². The number of allylic oxidation sites excluding steroid dienone is 12. The van der Waals surface area contributed by atoms with Gasteiger partial charge in [0, 0.05) is 19.3 Å². The van der Waals surface area contributed by atoms with Crippen LogP contribution in [0.1, 0.15) is 297 Å². The van der Waals surface area contributed by atoms with Crippen LogP contribution in [-0.2, 0) is 28.6 Å². The van der Waals surface area contributed by atoms with E-state index in [-0.39, 0.29) is 31.1 Å². The molecule has 404 valence electrons. The standard InChI is InChI=1S/C64H112O6/c1-4-7-10-13-16-19-22-24-26-27-28-29-30-31-32-33-34-35-36-37-39-40-42-45-48-51-54-57-63(66)69-60-61(59-68-62(65)56-53-50-47-44-21-18-15-12-9-6-3)70-64(67)58-55-52-49-46-43-41-38-25-23-20-17-14-11-8-5-2/h7,10,16,19,24,26,28-29,31-32,34-35,61H,4-6,8-9,11-15,17-18,20-23,25,27,30,33,36-60H2,1-3H3/b10-7-,19-16-,26-24-,29-28-,32-31-,35-34-. The molecular weight excluding hydrogens is 865 g/mol. The molecule has 0 saturated heterocycles. The minimum absolute atomic E-state index is 0.0736. The summed E-state index contributed by atoms with van der Waals surface area (Å²) in [6.07, 6.45) is 74.7. The Balaban J connectivity index is 4.24. The number of hydrogen-bond donors (Lipinski definition) is 0. The van der Waals surface area contributed by atoms with Gasteiger partial charge in [-0.15, -0.1) is 0 Å². The van der Waals surface area contributed by atoms with E-state index in [4.69, 9.17) is 14.2 Å². The first-order valence-corrected chi connectivity index (χ1v) is 29.9. The van der Waals surface area contributed by atoms with E-state index >= 15 is 0 Å². The zero-order valence-corrected chi connectivity index (χ0v) is 46.3. The monoisotopic (exact) mass is 977 g/mol. The summed E-state index contributed by atoms with van der Waals surface area (Å²) in [5, 5.41) is 0. The van der Waals surface area contributed by atoms with Crippen LogP contribution in [0.15, 0.2) is 72.9 Å². The van der Waals surface area contributed by atoms with Gasteiger partial charge < -0.3 is 14.2 Å². The zero-order valence-electron chi connectivity index (χ0n) is 46.3. The largest absolute Gasteiger partial charge is 0.462 e. The number of rotatable bonds is 54. The predicted molar refractivity (Wildman–Crippen MR) is 302 cm³/mol. The van der Waals surface area contributed by atoms with Crippen LogP contribution in [0.3, 0.4) is 0 Å². The summed E-state index contributed by atoms with van der Waals surface area (Å²) >= 11 is 0. The third kappa shape index (κ3) is 55.8. The molecule has 0 heterocycles. The van der Waals surface area contributed by atoms with Crippen molar-refractivity contribution in [1.29, 1.82) is 0 Å². The van der Waals surface area contributed by atoms with Gasteiger partial charge in [0.1, 0.15) is 13.2 Å². The van der Waals surface area contributed by atoms with E-state index in [0.717, 1.165) is 103 Å². The van der Waals surface area contributed by atoms with Crippen LogP contribution in [0.2, 0.25) is 0 Å². The van der Waals surface area contributed by atoms with Crippen LogP contribution in [0.4, 0.5) is 0 Å². The smallest absolute Gasteiger partial charge is 0.306 e. The number of hydrogen-bond acceptors (Lipinski definition) is 6. The van der Waals surface area contributed by atoms with E-state index in [2.05, 4.69) is 93.7 Å². The van der Waals surface area contributed by atoms with Gasteiger partial charge in [-0.3, -0.25) is 14.4 Å². The molecule has 6 nitrogen and oxygen atoms in total. The van der Waals surface area contributed by atoms with E-state index in [9.17, 15) is 14.4 Å². The molecule has 1 atom stereocenters. The normalized spacial score (nSPS) is 12.6. The molecule has 0 aliphatic carbocycles. The first kappa shape index (κ1) is 66.9. The minimum atomic E-state index is -0.774. The Morgan fingerprint density at radius 3 is 0.871 bits per heavy atom. The van der Waals surface area contributed by atoms with E-state index in [1.807, 2.05) is 0 Å². The number of unbranched alkanes of at least 4 members (excludes halogenated alkanes) is 31. The number of carbonyl (C=O) groups excluding carboxylic acids is 3. The van der Waals surface area contributed by atoms with Crippen LogP contribution in [-0.4, -0.2) is 37.2 Å². The average molecular weight is 978 g/mol. The Labute approximate surface area is 433 Å². The average Bonchev–Trinajstić information content (AvgIpc) is 3.36. The molecule has 0 rings (SSSR count). The fraction of sp³-hybridized carbons (Fsp3) is 0.766. The van der Waals surface area contributed by atoms with Crippen LogP contribution in [0, 0.1) is 0 Å². The van der Waals surface area contributed by atoms with E-state index < -0.39 is 6.10 Å². The molecule has 0 aliphatic heterocycles. The van der Waals surface area contributed by atoms with Crippen molar-refractivity contribution < 1.29 is 28.6 Å². The zero-order chi connectivity index (χ0) is 50.7. The second-order valence-corrected chi connectivity index (χ2v) is 19.9. The van der Waals surface area contributed by atoms with E-state index in [0.29, 0.717) is 19.3 Å². The number of ether oxygens (including phenoxy) is 3. The Morgan fingerprint density at radius 2 is 0.557 bits per heavy atom. The molecule has 0 aromatic heterocycles. The third-order valence-electron chi connectivity index (χ3n) is 13.0. The van der Waals surface area contributed by atoms with Crippen molar-refractivity contribution in [2.24, 2.45) is 0 Å². The van der Waals surface area contributed by atoms with Gasteiger partial charge in [0.2, 0.25) is 0 Å². The second-order valence-electron chi connectivity index (χ2n) is 19.9. The summed E-state index contributed by atoms with van der Waals surface area (Å²) in [5.74, 6) is -0.871. The highest BCUT2D eigenvalue weighted by molar-refractivity contribution is 5.71. The molecule has 0 aromatic rings. The Hall–Kier alpha value is -3.15. The molecule has 0 fully saturated rings. The molecule has 0 spiro atoms. The van der Waals surface area contributed by atoms with Crippen molar-refractivity contribution in [1.82, 2.24) is 0 Å². The Morgan fingerprint density at radius 1 is 0.300 bits per heavy atom. The maximum absolute atomic E-state index is 12.8. The summed E-state index contributed by atoms with van der Waals surface area (Å²) < 4.78 is 16.9. The van der Waals surface area contributed by atoms with Gasteiger partial charge in [0.25, 0.3) is 0 Å². The van der Waals surface area contributed by atoms with Crippen molar-refractivity contribution in [2.75, 3.05) is 13.2 Å². The first-order valence-electron chi connectivity index (χ1n) is 29.9. The summed E-state index contributed by atoms with van der Waals surface area (Å²) in [5.41, 5.74) is 0. The lowest BCUT2D eigenvalue weighted by molar-refractivity contribution is -0.167. The molecule has 0 bridgehead atoms. The fourth-order valence-corrected chi connectivity index (χ4v) is 8.51. The molecule has 70 heavy (non-hydrogen) atoms. The van der Waals surface area contributed by atoms with Gasteiger partial charge in [-0.25, -0.2) is 0 Å². The van der Waals surface area contributed by atoms with E-state index in [1.165, 1.54) is 154 Å². The lowest BCUT2D eigenvalue weighted by atomic mass is 10.0. The van der Waals surface area contributed by atoms with Crippen molar-refractivity contribution in [3.63, 3.8) is 0 Å². The van der Waals surface area contributed by atoms with Crippen molar-refractivity contribution >= 4 is 17.9 Å². The molecule has 0 saturated carbocycles. The highest BCUT2D eigenvalue weighted by atomic mass is 16.6. The molecule has 6 heteroatoms. The molecule has 1 unspecified atom stereocenters. The molecule has 0 aliphatic rings. The predicted octanol–water partition coefficient (Wildman–Crippen LogP) is 20.2. The van der Waals surface area contributed by atoms with Crippen molar-refractivity contribution in [3.8, 4) is 0 Å². The minimum Gasteiger partial charge on any atom is -0.462 e. The lowest BCUT2D eigenvalue weighted by Gasteiger charge is -2.18. The molecule has 0 amide bonds. The molecule has 0 radical (unpaired) electrons. The fourth-order valence-electron chi connectivity index (χ4n) is 8.51. The summed E-state index contributed by atoms with van der Waals surface area (Å²) in [4.78, 5) is 38.1. The quantitative estimate of drug-likeness (QED) is 0.0261. The van der Waals surface area contributed by atoms with Gasteiger partial charge in [-0.2, -0.15) is 0 Å². The second kappa shape index (κ2) is 58.4. The third-order valence-corrected chi connectivity index (χ3v) is 13.0. The maximum Gasteiger partial charge on any atom is 0.306 e. The summed E-state index contributed by atoms with van der Waals surface area (Å²) in [6, 6.07) is 0. The number of esters is 3. The highest BCUT2D eigenvalue weighted by Gasteiger charge is 2.19. The van der Waals surface area contributed by atoms with Gasteiger partial charge in [0.15, 0.2) is 6.10 Å². The topological polar surface area (TPSA) is 78.9 Å². The lowest BCUT2D eigenvalue weighted by Crippen LogP contribution is -2.30. The first-order chi connectivity index (χ1) is 34.5. The highest BCUT2D eigenvalue weighted by Crippen LogP contribution is 2.16. The van der Waals surface area contributed by atoms with Crippen molar-refractivity contribution in [3.05, 3.63) is 72.9 Å². The Bertz CT molecular complexity index is 1310. The van der Waals surface area contributed by atoms with Gasteiger partial charge >= 0.3 is 17.9 Å². The Kier molecular flexibility index (Phi) is 55.8. The molecule has 0 aromatic carbocycles. The van der Waals surface area contributed by atoms with Crippen LogP contribution < -0.4 is 0 Å². The summed E-state index contributed by atoms with van der Waals surface area (Å²) in [6.45, 7) is 6.53. The summed E-state index contributed by atoms with van der Waals surface area (Å²) in [7, 11) is 0. The van der Waals surface area contributed by atoms with E-state index in [1.54, 1.807) is 0 Å². The van der Waals surface area contributed by atoms with Gasteiger partial charge in [0.05, 0.1) is 0 Å². The van der Waals surface area contributed by atoms with Crippen molar-refractivity contribution in [2.45, 2.75) is 303 Å². The number of carbonyl (C=O) groups is 3. The molecular formula is C64H112O6. The SMILES string of the molecule is CC/C=C\C/C=C\C/C=C\C/C=C\C/C=C\C/C=C\CCCCCCCCCCC(=O)OCC(COC(=O)CCCCCCCCCCCC)OC(=O)CCCCCCCCCCCCCCCCC. The van der Waals surface area contributed by atoms with Gasteiger partial charge in [-0.1, -0.05) is 280 Å². The van der Waals surface area contributed by atoms with Crippen LogP contribution in [0.5, 0.6) is 0 Å². The maximum atomic E-state index is 12.8. The van der Waals surface area contributed by atoms with Crippen LogP contribution >= 0.6 is 0 Å².